The van der Waals surface area contributed by atoms with Gasteiger partial charge >= 0.3 is 6.01 Å². The SMILES string of the molecule is c1cnc(OC2CCN(C3CCN(c4ccc5c(c4)OCO5)CC3)CC2)nc1. The molecule has 0 aliphatic carbocycles. The van der Waals surface area contributed by atoms with Crippen LogP contribution in [0.25, 0.3) is 0 Å². The van der Waals surface area contributed by atoms with E-state index in [0.29, 0.717) is 18.8 Å². The fraction of sp³-hybridized carbons (Fsp3) is 0.524. The number of ether oxygens (including phenoxy) is 3. The van der Waals surface area contributed by atoms with E-state index in [1.165, 1.54) is 18.5 Å². The molecule has 1 aromatic carbocycles. The van der Waals surface area contributed by atoms with E-state index in [1.807, 2.05) is 12.1 Å². The monoisotopic (exact) mass is 382 g/mol. The number of aromatic nitrogens is 2. The van der Waals surface area contributed by atoms with Gasteiger partial charge in [0.1, 0.15) is 6.10 Å². The van der Waals surface area contributed by atoms with Gasteiger partial charge in [-0.15, -0.1) is 0 Å². The number of anilines is 1. The lowest BCUT2D eigenvalue weighted by molar-refractivity contribution is 0.0623. The summed E-state index contributed by atoms with van der Waals surface area (Å²) in [6.45, 7) is 4.67. The molecule has 148 valence electrons. The highest BCUT2D eigenvalue weighted by molar-refractivity contribution is 5.57. The molecule has 7 heteroatoms. The van der Waals surface area contributed by atoms with Gasteiger partial charge in [-0.3, -0.25) is 4.90 Å². The van der Waals surface area contributed by atoms with Crippen molar-refractivity contribution in [2.45, 2.75) is 37.8 Å². The Kier molecular flexibility index (Phi) is 4.91. The Morgan fingerprint density at radius 2 is 1.64 bits per heavy atom. The first-order valence-electron chi connectivity index (χ1n) is 10.2. The predicted molar refractivity (Wildman–Crippen MR) is 105 cm³/mol. The van der Waals surface area contributed by atoms with Crippen molar-refractivity contribution < 1.29 is 14.2 Å². The summed E-state index contributed by atoms with van der Waals surface area (Å²) in [5, 5.41) is 0. The highest BCUT2D eigenvalue weighted by Crippen LogP contribution is 2.36. The van der Waals surface area contributed by atoms with Crippen LogP contribution in [0.4, 0.5) is 5.69 Å². The van der Waals surface area contributed by atoms with E-state index in [1.54, 1.807) is 12.4 Å². The molecule has 7 nitrogen and oxygen atoms in total. The van der Waals surface area contributed by atoms with Gasteiger partial charge in [0.15, 0.2) is 11.5 Å². The molecule has 2 saturated heterocycles. The van der Waals surface area contributed by atoms with Crippen LogP contribution in [0.3, 0.4) is 0 Å². The summed E-state index contributed by atoms with van der Waals surface area (Å²) in [5.74, 6) is 1.72. The first-order chi connectivity index (χ1) is 13.8. The minimum absolute atomic E-state index is 0.229. The maximum Gasteiger partial charge on any atom is 0.316 e. The molecule has 0 bridgehead atoms. The van der Waals surface area contributed by atoms with Gasteiger partial charge in [0.25, 0.3) is 0 Å². The Hall–Kier alpha value is -2.54. The molecule has 2 aromatic rings. The molecule has 0 atom stereocenters. The summed E-state index contributed by atoms with van der Waals surface area (Å²) in [4.78, 5) is 13.4. The average Bonchev–Trinajstić information content (AvgIpc) is 3.23. The van der Waals surface area contributed by atoms with E-state index >= 15 is 0 Å². The molecule has 3 aliphatic heterocycles. The van der Waals surface area contributed by atoms with Crippen molar-refractivity contribution in [1.82, 2.24) is 14.9 Å². The lowest BCUT2D eigenvalue weighted by atomic mass is 9.98. The number of fused-ring (bicyclic) bond motifs is 1. The van der Waals surface area contributed by atoms with Crippen LogP contribution in [0, 0.1) is 0 Å². The molecular weight excluding hydrogens is 356 g/mol. The van der Waals surface area contributed by atoms with Crippen LogP contribution in [-0.4, -0.2) is 60.0 Å². The van der Waals surface area contributed by atoms with Gasteiger partial charge in [-0.05, 0) is 43.9 Å². The lowest BCUT2D eigenvalue weighted by Crippen LogP contribution is -2.49. The molecule has 4 heterocycles. The molecule has 28 heavy (non-hydrogen) atoms. The molecule has 5 rings (SSSR count). The van der Waals surface area contributed by atoms with Crippen molar-refractivity contribution in [1.29, 1.82) is 0 Å². The topological polar surface area (TPSA) is 60.0 Å². The molecule has 0 amide bonds. The lowest BCUT2D eigenvalue weighted by Gasteiger charge is -2.42. The van der Waals surface area contributed by atoms with Gasteiger partial charge in [0.05, 0.1) is 0 Å². The largest absolute Gasteiger partial charge is 0.460 e. The molecule has 0 N–H and O–H groups in total. The van der Waals surface area contributed by atoms with Crippen molar-refractivity contribution in [2.24, 2.45) is 0 Å². The molecule has 0 unspecified atom stereocenters. The molecule has 0 saturated carbocycles. The van der Waals surface area contributed by atoms with Gasteiger partial charge in [0, 0.05) is 56.4 Å². The van der Waals surface area contributed by atoms with Crippen molar-refractivity contribution in [3.05, 3.63) is 36.7 Å². The van der Waals surface area contributed by atoms with E-state index in [4.69, 9.17) is 14.2 Å². The van der Waals surface area contributed by atoms with Crippen molar-refractivity contribution in [3.63, 3.8) is 0 Å². The zero-order valence-electron chi connectivity index (χ0n) is 16.0. The summed E-state index contributed by atoms with van der Waals surface area (Å²) in [6, 6.07) is 9.24. The van der Waals surface area contributed by atoms with Gasteiger partial charge in [-0.25, -0.2) is 9.97 Å². The summed E-state index contributed by atoms with van der Waals surface area (Å²) < 4.78 is 16.9. The minimum atomic E-state index is 0.229. The summed E-state index contributed by atoms with van der Waals surface area (Å²) >= 11 is 0. The van der Waals surface area contributed by atoms with E-state index < -0.39 is 0 Å². The van der Waals surface area contributed by atoms with Crippen LogP contribution in [0.2, 0.25) is 0 Å². The van der Waals surface area contributed by atoms with Gasteiger partial charge in [-0.2, -0.15) is 0 Å². The smallest absolute Gasteiger partial charge is 0.316 e. The number of nitrogens with zero attached hydrogens (tertiary/aromatic N) is 4. The third-order valence-corrected chi connectivity index (χ3v) is 5.99. The first kappa shape index (κ1) is 17.6. The summed E-state index contributed by atoms with van der Waals surface area (Å²) in [6.07, 6.45) is 8.16. The Morgan fingerprint density at radius 1 is 0.893 bits per heavy atom. The van der Waals surface area contributed by atoms with Crippen molar-refractivity contribution >= 4 is 5.69 Å². The van der Waals surface area contributed by atoms with Gasteiger partial charge < -0.3 is 19.1 Å². The Bertz CT molecular complexity index is 787. The van der Waals surface area contributed by atoms with Crippen LogP contribution in [0.1, 0.15) is 25.7 Å². The Balaban J connectivity index is 1.11. The van der Waals surface area contributed by atoms with E-state index in [0.717, 1.165) is 50.5 Å². The summed E-state index contributed by atoms with van der Waals surface area (Å²) in [5.41, 5.74) is 1.23. The van der Waals surface area contributed by atoms with E-state index in [9.17, 15) is 0 Å². The zero-order chi connectivity index (χ0) is 18.8. The summed E-state index contributed by atoms with van der Waals surface area (Å²) in [7, 11) is 0. The maximum absolute atomic E-state index is 5.92. The normalized spacial score (nSPS) is 21.1. The van der Waals surface area contributed by atoms with Crippen LogP contribution < -0.4 is 19.1 Å². The maximum atomic E-state index is 5.92. The number of rotatable bonds is 4. The van der Waals surface area contributed by atoms with Crippen LogP contribution in [0.5, 0.6) is 17.5 Å². The fourth-order valence-corrected chi connectivity index (χ4v) is 4.43. The predicted octanol–water partition coefficient (Wildman–Crippen LogP) is 2.72. The van der Waals surface area contributed by atoms with Crippen molar-refractivity contribution in [2.75, 3.05) is 37.9 Å². The highest BCUT2D eigenvalue weighted by atomic mass is 16.7. The second-order valence-electron chi connectivity index (χ2n) is 7.64. The first-order valence-corrected chi connectivity index (χ1v) is 10.2. The third kappa shape index (κ3) is 3.71. The molecule has 1 aromatic heterocycles. The number of benzene rings is 1. The number of likely N-dealkylation sites (tertiary alicyclic amines) is 1. The van der Waals surface area contributed by atoms with Crippen molar-refractivity contribution in [3.8, 4) is 17.5 Å². The number of piperidine rings is 2. The zero-order valence-corrected chi connectivity index (χ0v) is 16.0. The van der Waals surface area contributed by atoms with Gasteiger partial charge in [-0.1, -0.05) is 0 Å². The Labute approximate surface area is 165 Å². The second-order valence-corrected chi connectivity index (χ2v) is 7.64. The number of hydrogen-bond acceptors (Lipinski definition) is 7. The molecular formula is C21H26N4O3. The van der Waals surface area contributed by atoms with E-state index in [-0.39, 0.29) is 6.10 Å². The minimum Gasteiger partial charge on any atom is -0.460 e. The molecule has 0 radical (unpaired) electrons. The Morgan fingerprint density at radius 3 is 2.43 bits per heavy atom. The standard InChI is InChI=1S/C21H26N4O3/c1-8-22-21(23-9-1)28-18-6-12-24(13-7-18)16-4-10-25(11-5-16)17-2-3-19-20(14-17)27-15-26-19/h1-3,8-9,14,16,18H,4-7,10-13,15H2. The fourth-order valence-electron chi connectivity index (χ4n) is 4.43. The average molecular weight is 382 g/mol. The quantitative estimate of drug-likeness (QED) is 0.806. The van der Waals surface area contributed by atoms with Crippen LogP contribution >= 0.6 is 0 Å². The van der Waals surface area contributed by atoms with Crippen LogP contribution in [-0.2, 0) is 0 Å². The molecule has 3 aliphatic rings. The second kappa shape index (κ2) is 7.83. The highest BCUT2D eigenvalue weighted by Gasteiger charge is 2.29. The molecule has 2 fully saturated rings. The molecule has 0 spiro atoms. The third-order valence-electron chi connectivity index (χ3n) is 5.99. The van der Waals surface area contributed by atoms with Crippen LogP contribution in [0.15, 0.2) is 36.7 Å². The van der Waals surface area contributed by atoms with Gasteiger partial charge in [0.2, 0.25) is 6.79 Å². The van der Waals surface area contributed by atoms with E-state index in [2.05, 4.69) is 31.9 Å². The number of hydrogen-bond donors (Lipinski definition) is 0.